The van der Waals surface area contributed by atoms with Crippen LogP contribution in [-0.2, 0) is 0 Å². The van der Waals surface area contributed by atoms with E-state index in [1.165, 1.54) is 6.20 Å². The molecule has 0 aromatic carbocycles. The van der Waals surface area contributed by atoms with Crippen LogP contribution in [0.4, 0.5) is 0 Å². The predicted molar refractivity (Wildman–Crippen MR) is 33.1 cm³/mol. The lowest BCUT2D eigenvalue weighted by atomic mass is 10.5. The number of hydrogen-bond acceptors (Lipinski definition) is 2. The number of pyridine rings is 1. The molecule has 1 aromatic rings. The van der Waals surface area contributed by atoms with E-state index in [1.54, 1.807) is 18.3 Å². The van der Waals surface area contributed by atoms with Crippen molar-refractivity contribution in [3.05, 3.63) is 24.5 Å². The van der Waals surface area contributed by atoms with Gasteiger partial charge in [0.25, 0.3) is 0 Å². The van der Waals surface area contributed by atoms with Crippen molar-refractivity contribution in [1.29, 1.82) is 0 Å². The fourth-order valence-electron chi connectivity index (χ4n) is 0.354. The lowest BCUT2D eigenvalue weighted by Gasteiger charge is -1.81. The minimum Gasteiger partial charge on any atom is -0.506 e. The van der Waals surface area contributed by atoms with Gasteiger partial charge >= 0.3 is 0 Å². The van der Waals surface area contributed by atoms with E-state index in [1.807, 2.05) is 0 Å². The molecule has 44 valence electrons. The molecule has 0 saturated heterocycles. The Morgan fingerprint density at radius 3 is 2.50 bits per heavy atom. The summed E-state index contributed by atoms with van der Waals surface area (Å²) >= 11 is 0. The van der Waals surface area contributed by atoms with Crippen molar-refractivity contribution in [3.63, 3.8) is 0 Å². The summed E-state index contributed by atoms with van der Waals surface area (Å²) in [5.41, 5.74) is 0. The van der Waals surface area contributed by atoms with Crippen molar-refractivity contribution in [1.82, 2.24) is 4.98 Å². The third-order valence-corrected chi connectivity index (χ3v) is 0.646. The molecule has 0 amide bonds. The van der Waals surface area contributed by atoms with Gasteiger partial charge in [-0.2, -0.15) is 0 Å². The number of aromatic nitrogens is 1. The zero-order valence-corrected chi connectivity index (χ0v) is 4.93. The summed E-state index contributed by atoms with van der Waals surface area (Å²) in [5, 5.41) is 8.57. The van der Waals surface area contributed by atoms with Gasteiger partial charge in [-0.3, -0.25) is 4.98 Å². The van der Waals surface area contributed by atoms with Gasteiger partial charge < -0.3 is 5.11 Å². The standard InChI is InChI=1S/C5H5NO.ClH/c7-5-2-1-3-6-4-5;/h1-4,7H;1H. The molecule has 0 aliphatic rings. The third kappa shape index (κ3) is 1.80. The molecular weight excluding hydrogens is 126 g/mol. The Hall–Kier alpha value is -0.760. The molecule has 3 heteroatoms. The van der Waals surface area contributed by atoms with E-state index < -0.39 is 0 Å². The molecule has 0 atom stereocenters. The number of aromatic hydroxyl groups is 1. The molecule has 2 nitrogen and oxygen atoms in total. The maximum atomic E-state index is 8.57. The topological polar surface area (TPSA) is 33.1 Å². The average Bonchev–Trinajstić information content (AvgIpc) is 1.69. The highest BCUT2D eigenvalue weighted by atomic mass is 35.5. The summed E-state index contributed by atoms with van der Waals surface area (Å²) < 4.78 is 0. The Kier molecular flexibility index (Phi) is 2.96. The summed E-state index contributed by atoms with van der Waals surface area (Å²) in [6.07, 6.45) is 3.00. The van der Waals surface area contributed by atoms with E-state index in [0.717, 1.165) is 0 Å². The van der Waals surface area contributed by atoms with Gasteiger partial charge in [-0.15, -0.1) is 12.4 Å². The quantitative estimate of drug-likeness (QED) is 0.574. The molecule has 1 aromatic heterocycles. The van der Waals surface area contributed by atoms with Crippen LogP contribution in [-0.4, -0.2) is 10.1 Å². The highest BCUT2D eigenvalue weighted by Gasteiger charge is 1.76. The summed E-state index contributed by atoms with van der Waals surface area (Å²) in [6.45, 7) is 0. The maximum absolute atomic E-state index is 8.57. The molecule has 8 heavy (non-hydrogen) atoms. The van der Waals surface area contributed by atoms with Gasteiger partial charge in [0, 0.05) is 6.20 Å². The number of rotatable bonds is 0. The molecule has 0 spiro atoms. The summed E-state index contributed by atoms with van der Waals surface area (Å²) in [7, 11) is 0. The van der Waals surface area contributed by atoms with Gasteiger partial charge in [0.05, 0.1) is 6.20 Å². The Bertz CT molecular complexity index is 142. The lowest BCUT2D eigenvalue weighted by molar-refractivity contribution is 0.472. The van der Waals surface area contributed by atoms with Crippen molar-refractivity contribution >= 4 is 12.4 Å². The molecular formula is C5H6ClNO. The molecule has 0 fully saturated rings. The van der Waals surface area contributed by atoms with Gasteiger partial charge in [-0.05, 0) is 12.1 Å². The lowest BCUT2D eigenvalue weighted by Crippen LogP contribution is -1.64. The van der Waals surface area contributed by atoms with E-state index in [0.29, 0.717) is 0 Å². The normalized spacial score (nSPS) is 7.50. The Morgan fingerprint density at radius 1 is 1.50 bits per heavy atom. The first-order valence-electron chi connectivity index (χ1n) is 1.98. The average molecular weight is 132 g/mol. The summed E-state index contributed by atoms with van der Waals surface area (Å²) in [5.74, 6) is 0.211. The van der Waals surface area contributed by atoms with Crippen LogP contribution >= 0.6 is 12.4 Å². The van der Waals surface area contributed by atoms with Crippen LogP contribution in [0.5, 0.6) is 5.75 Å². The van der Waals surface area contributed by atoms with Crippen LogP contribution in [0, 0.1) is 0 Å². The molecule has 1 rings (SSSR count). The first-order chi connectivity index (χ1) is 3.39. The minimum absolute atomic E-state index is 0. The zero-order valence-electron chi connectivity index (χ0n) is 4.11. The third-order valence-electron chi connectivity index (χ3n) is 0.646. The van der Waals surface area contributed by atoms with Gasteiger partial charge in [-0.25, -0.2) is 0 Å². The van der Waals surface area contributed by atoms with Gasteiger partial charge in [-0.1, -0.05) is 0 Å². The summed E-state index contributed by atoms with van der Waals surface area (Å²) in [6, 6.07) is 3.25. The Balaban J connectivity index is 0.000000490. The second kappa shape index (κ2) is 3.27. The first-order valence-corrected chi connectivity index (χ1v) is 1.98. The smallest absolute Gasteiger partial charge is 0.133 e. The van der Waals surface area contributed by atoms with Crippen molar-refractivity contribution in [2.45, 2.75) is 0 Å². The van der Waals surface area contributed by atoms with Gasteiger partial charge in [0.1, 0.15) is 5.75 Å². The van der Waals surface area contributed by atoms with Crippen molar-refractivity contribution in [3.8, 4) is 5.75 Å². The molecule has 1 heterocycles. The number of hydrogen-bond donors (Lipinski definition) is 1. The van der Waals surface area contributed by atoms with Crippen LogP contribution in [0.25, 0.3) is 0 Å². The maximum Gasteiger partial charge on any atom is 0.133 e. The van der Waals surface area contributed by atoms with E-state index in [2.05, 4.69) is 4.98 Å². The SMILES string of the molecule is Cl.Oc1cccnc1. The molecule has 0 bridgehead atoms. The monoisotopic (exact) mass is 131 g/mol. The van der Waals surface area contributed by atoms with E-state index in [4.69, 9.17) is 5.11 Å². The number of nitrogens with zero attached hydrogens (tertiary/aromatic N) is 1. The summed E-state index contributed by atoms with van der Waals surface area (Å²) in [4.78, 5) is 3.63. The van der Waals surface area contributed by atoms with Crippen molar-refractivity contribution in [2.24, 2.45) is 0 Å². The molecule has 0 unspecified atom stereocenters. The molecule has 0 radical (unpaired) electrons. The van der Waals surface area contributed by atoms with Crippen molar-refractivity contribution in [2.75, 3.05) is 0 Å². The van der Waals surface area contributed by atoms with Crippen LogP contribution in [0.15, 0.2) is 24.5 Å². The van der Waals surface area contributed by atoms with E-state index >= 15 is 0 Å². The largest absolute Gasteiger partial charge is 0.506 e. The minimum atomic E-state index is 0. The van der Waals surface area contributed by atoms with Crippen molar-refractivity contribution < 1.29 is 5.11 Å². The Labute approximate surface area is 53.6 Å². The fourth-order valence-corrected chi connectivity index (χ4v) is 0.354. The van der Waals surface area contributed by atoms with E-state index in [-0.39, 0.29) is 18.2 Å². The Morgan fingerprint density at radius 2 is 2.25 bits per heavy atom. The molecule has 0 aliphatic heterocycles. The number of halogens is 1. The predicted octanol–water partition coefficient (Wildman–Crippen LogP) is 1.21. The van der Waals surface area contributed by atoms with Gasteiger partial charge in [0.2, 0.25) is 0 Å². The second-order valence-electron chi connectivity index (χ2n) is 1.21. The van der Waals surface area contributed by atoms with Crippen LogP contribution < -0.4 is 0 Å². The molecule has 0 saturated carbocycles. The molecule has 1 N–H and O–H groups in total. The zero-order chi connectivity index (χ0) is 5.11. The van der Waals surface area contributed by atoms with E-state index in [9.17, 15) is 0 Å². The first kappa shape index (κ1) is 7.24. The second-order valence-corrected chi connectivity index (χ2v) is 1.21. The molecule has 0 aliphatic carbocycles. The highest BCUT2D eigenvalue weighted by molar-refractivity contribution is 5.85. The van der Waals surface area contributed by atoms with Crippen LogP contribution in [0.2, 0.25) is 0 Å². The van der Waals surface area contributed by atoms with Gasteiger partial charge in [0.15, 0.2) is 0 Å². The van der Waals surface area contributed by atoms with Crippen LogP contribution in [0.1, 0.15) is 0 Å². The van der Waals surface area contributed by atoms with Crippen LogP contribution in [0.3, 0.4) is 0 Å². The highest BCUT2D eigenvalue weighted by Crippen LogP contribution is 1.99. The fraction of sp³-hybridized carbons (Fsp3) is 0.